The minimum Gasteiger partial charge on any atom is -0.497 e. The molecule has 0 atom stereocenters. The van der Waals surface area contributed by atoms with Gasteiger partial charge in [0.1, 0.15) is 11.4 Å². The number of nitrogens with one attached hydrogen (secondary N) is 1. The summed E-state index contributed by atoms with van der Waals surface area (Å²) in [5, 5.41) is 3.21. The Kier molecular flexibility index (Phi) is 5.31. The van der Waals surface area contributed by atoms with Crippen molar-refractivity contribution in [3.63, 3.8) is 0 Å². The van der Waals surface area contributed by atoms with Gasteiger partial charge in [-0.25, -0.2) is 0 Å². The molecule has 5 nitrogen and oxygen atoms in total. The van der Waals surface area contributed by atoms with Gasteiger partial charge in [0.15, 0.2) is 0 Å². The van der Waals surface area contributed by atoms with Gasteiger partial charge in [-0.3, -0.25) is 14.5 Å². The van der Waals surface area contributed by atoms with E-state index in [1.54, 1.807) is 31.4 Å². The molecule has 3 rings (SSSR count). The molecule has 27 heavy (non-hydrogen) atoms. The van der Waals surface area contributed by atoms with Crippen LogP contribution < -0.4 is 10.1 Å². The van der Waals surface area contributed by atoms with Crippen molar-refractivity contribution in [3.8, 4) is 5.75 Å². The molecule has 2 aromatic rings. The number of para-hydroxylation sites is 1. The van der Waals surface area contributed by atoms with Gasteiger partial charge in [0.25, 0.3) is 11.8 Å². The molecular weight excluding hydrogens is 340 g/mol. The average molecular weight is 364 g/mol. The zero-order chi connectivity index (χ0) is 19.6. The lowest BCUT2D eigenvalue weighted by Gasteiger charge is -2.17. The van der Waals surface area contributed by atoms with Crippen molar-refractivity contribution in [2.24, 2.45) is 5.92 Å². The Morgan fingerprint density at radius 1 is 1.00 bits per heavy atom. The lowest BCUT2D eigenvalue weighted by Crippen LogP contribution is -2.35. The molecule has 0 saturated carbocycles. The Balaban J connectivity index is 2.07. The second-order valence-electron chi connectivity index (χ2n) is 7.03. The van der Waals surface area contributed by atoms with Crippen LogP contribution in [0.1, 0.15) is 25.0 Å². The molecule has 0 unspecified atom stereocenters. The third kappa shape index (κ3) is 3.72. The highest BCUT2D eigenvalue weighted by molar-refractivity contribution is 6.36. The monoisotopic (exact) mass is 364 g/mol. The minimum atomic E-state index is -0.289. The lowest BCUT2D eigenvalue weighted by atomic mass is 10.0. The summed E-state index contributed by atoms with van der Waals surface area (Å²) in [4.78, 5) is 27.4. The van der Waals surface area contributed by atoms with Gasteiger partial charge in [-0.05, 0) is 42.2 Å². The molecule has 0 saturated heterocycles. The number of amides is 2. The second-order valence-corrected chi connectivity index (χ2v) is 7.03. The summed E-state index contributed by atoms with van der Waals surface area (Å²) >= 11 is 0. The van der Waals surface area contributed by atoms with Crippen LogP contribution >= 0.6 is 0 Å². The molecule has 0 fully saturated rings. The van der Waals surface area contributed by atoms with Gasteiger partial charge < -0.3 is 10.1 Å². The predicted octanol–water partition coefficient (Wildman–Crippen LogP) is 3.85. The van der Waals surface area contributed by atoms with Crippen molar-refractivity contribution in [1.82, 2.24) is 4.90 Å². The normalized spacial score (nSPS) is 14.3. The maximum Gasteiger partial charge on any atom is 0.278 e. The van der Waals surface area contributed by atoms with Crippen LogP contribution in [-0.4, -0.2) is 30.4 Å². The average Bonchev–Trinajstić information content (AvgIpc) is 2.88. The molecule has 1 heterocycles. The van der Waals surface area contributed by atoms with Crippen LogP contribution in [-0.2, 0) is 9.59 Å². The first kappa shape index (κ1) is 18.7. The highest BCUT2D eigenvalue weighted by atomic mass is 16.5. The van der Waals surface area contributed by atoms with E-state index < -0.39 is 0 Å². The molecule has 0 radical (unpaired) electrons. The van der Waals surface area contributed by atoms with Crippen LogP contribution in [0.15, 0.2) is 54.2 Å². The van der Waals surface area contributed by atoms with E-state index in [1.807, 2.05) is 45.0 Å². The fraction of sp³-hybridized carbons (Fsp3) is 0.273. The summed E-state index contributed by atoms with van der Waals surface area (Å²) in [5.41, 5.74) is 3.22. The fourth-order valence-corrected chi connectivity index (χ4v) is 3.10. The number of carbonyl (C=O) groups is 2. The van der Waals surface area contributed by atoms with Crippen molar-refractivity contribution in [3.05, 3.63) is 65.4 Å². The molecular formula is C22H24N2O3. The highest BCUT2D eigenvalue weighted by Gasteiger charge is 2.39. The lowest BCUT2D eigenvalue weighted by molar-refractivity contribution is -0.137. The van der Waals surface area contributed by atoms with Gasteiger partial charge in [-0.15, -0.1) is 0 Å². The maximum atomic E-state index is 13.1. The van der Waals surface area contributed by atoms with Gasteiger partial charge in [0, 0.05) is 12.2 Å². The van der Waals surface area contributed by atoms with Crippen LogP contribution in [0.25, 0.3) is 5.57 Å². The number of carbonyl (C=O) groups excluding carboxylic acids is 2. The number of benzene rings is 2. The van der Waals surface area contributed by atoms with Crippen LogP contribution in [0.4, 0.5) is 5.69 Å². The topological polar surface area (TPSA) is 58.6 Å². The van der Waals surface area contributed by atoms with Crippen molar-refractivity contribution in [1.29, 1.82) is 0 Å². The first-order valence-corrected chi connectivity index (χ1v) is 9.00. The number of nitrogens with zero attached hydrogens (tertiary/aromatic N) is 1. The molecule has 2 aromatic carbocycles. The summed E-state index contributed by atoms with van der Waals surface area (Å²) in [6.07, 6.45) is 0. The van der Waals surface area contributed by atoms with Crippen LogP contribution in [0, 0.1) is 12.8 Å². The van der Waals surface area contributed by atoms with Gasteiger partial charge in [0.05, 0.1) is 12.7 Å². The Bertz CT molecular complexity index is 898. The van der Waals surface area contributed by atoms with Crippen molar-refractivity contribution < 1.29 is 14.3 Å². The Morgan fingerprint density at radius 2 is 1.67 bits per heavy atom. The highest BCUT2D eigenvalue weighted by Crippen LogP contribution is 2.32. The quantitative estimate of drug-likeness (QED) is 0.791. The van der Waals surface area contributed by atoms with Crippen LogP contribution in [0.2, 0.25) is 0 Å². The minimum absolute atomic E-state index is 0.188. The van der Waals surface area contributed by atoms with Crippen molar-refractivity contribution >= 4 is 23.1 Å². The number of anilines is 1. The van der Waals surface area contributed by atoms with E-state index in [0.29, 0.717) is 29.1 Å². The molecule has 1 aliphatic rings. The van der Waals surface area contributed by atoms with Gasteiger partial charge in [-0.2, -0.15) is 0 Å². The second kappa shape index (κ2) is 7.66. The number of aryl methyl sites for hydroxylation is 1. The van der Waals surface area contributed by atoms with Crippen molar-refractivity contribution in [2.45, 2.75) is 20.8 Å². The molecule has 1 N–H and O–H groups in total. The molecule has 2 amide bonds. The van der Waals surface area contributed by atoms with E-state index in [1.165, 1.54) is 4.90 Å². The zero-order valence-corrected chi connectivity index (χ0v) is 16.1. The van der Waals surface area contributed by atoms with E-state index >= 15 is 0 Å². The van der Waals surface area contributed by atoms with E-state index in [-0.39, 0.29) is 17.7 Å². The summed E-state index contributed by atoms with van der Waals surface area (Å²) in [7, 11) is 1.59. The Labute approximate surface area is 159 Å². The first-order chi connectivity index (χ1) is 12.9. The first-order valence-electron chi connectivity index (χ1n) is 9.00. The van der Waals surface area contributed by atoms with Gasteiger partial charge in [-0.1, -0.05) is 44.2 Å². The van der Waals surface area contributed by atoms with Crippen LogP contribution in [0.3, 0.4) is 0 Å². The SMILES string of the molecule is COc1ccc(C2=C(Nc3ccccc3C)C(=O)N(CC(C)C)C2=O)cc1. The molecule has 0 bridgehead atoms. The Morgan fingerprint density at radius 3 is 2.26 bits per heavy atom. The predicted molar refractivity (Wildman–Crippen MR) is 106 cm³/mol. The standard InChI is InChI=1S/C22H24N2O3/c1-14(2)13-24-21(25)19(16-9-11-17(27-4)12-10-16)20(22(24)26)23-18-8-6-5-7-15(18)3/h5-12,14,23H,13H2,1-4H3. The third-order valence-corrected chi connectivity index (χ3v) is 4.50. The van der Waals surface area contributed by atoms with E-state index in [9.17, 15) is 9.59 Å². The smallest absolute Gasteiger partial charge is 0.278 e. The van der Waals surface area contributed by atoms with E-state index in [0.717, 1.165) is 11.3 Å². The number of hydrogen-bond donors (Lipinski definition) is 1. The van der Waals surface area contributed by atoms with Gasteiger partial charge >= 0.3 is 0 Å². The number of ether oxygens (including phenoxy) is 1. The zero-order valence-electron chi connectivity index (χ0n) is 16.1. The van der Waals surface area contributed by atoms with E-state index in [4.69, 9.17) is 4.74 Å². The van der Waals surface area contributed by atoms with Crippen LogP contribution in [0.5, 0.6) is 5.75 Å². The summed E-state index contributed by atoms with van der Waals surface area (Å²) in [6.45, 7) is 6.32. The number of methoxy groups -OCH3 is 1. The van der Waals surface area contributed by atoms with E-state index in [2.05, 4.69) is 5.32 Å². The number of rotatable bonds is 6. The Hall–Kier alpha value is -3.08. The summed E-state index contributed by atoms with van der Waals surface area (Å²) < 4.78 is 5.20. The molecule has 0 aliphatic carbocycles. The number of hydrogen-bond acceptors (Lipinski definition) is 4. The molecule has 5 heteroatoms. The summed E-state index contributed by atoms with van der Waals surface area (Å²) in [5.74, 6) is 0.328. The third-order valence-electron chi connectivity index (χ3n) is 4.50. The molecule has 140 valence electrons. The fourth-order valence-electron chi connectivity index (χ4n) is 3.10. The van der Waals surface area contributed by atoms with Gasteiger partial charge in [0.2, 0.25) is 0 Å². The van der Waals surface area contributed by atoms with Crippen molar-refractivity contribution in [2.75, 3.05) is 19.0 Å². The molecule has 0 spiro atoms. The number of imide groups is 1. The maximum absolute atomic E-state index is 13.1. The molecule has 1 aliphatic heterocycles. The molecule has 0 aromatic heterocycles. The summed E-state index contributed by atoms with van der Waals surface area (Å²) in [6, 6.07) is 14.9. The largest absolute Gasteiger partial charge is 0.497 e.